The summed E-state index contributed by atoms with van der Waals surface area (Å²) in [5.41, 5.74) is 2.45. The average Bonchev–Trinajstić information content (AvgIpc) is 2.30. The van der Waals surface area contributed by atoms with Gasteiger partial charge in [-0.15, -0.1) is 0 Å². The zero-order chi connectivity index (χ0) is 12.8. The quantitative estimate of drug-likeness (QED) is 0.791. The van der Waals surface area contributed by atoms with Crippen molar-refractivity contribution in [3.63, 3.8) is 0 Å². The highest BCUT2D eigenvalue weighted by atomic mass is 16.3. The van der Waals surface area contributed by atoms with E-state index in [4.69, 9.17) is 0 Å². The summed E-state index contributed by atoms with van der Waals surface area (Å²) >= 11 is 0. The molecule has 1 atom stereocenters. The van der Waals surface area contributed by atoms with E-state index in [-0.39, 0.29) is 12.6 Å². The van der Waals surface area contributed by atoms with Crippen LogP contribution in [0.3, 0.4) is 0 Å². The first-order chi connectivity index (χ1) is 8.04. The van der Waals surface area contributed by atoms with Crippen molar-refractivity contribution < 1.29 is 5.11 Å². The molecular formula is C14H24N2O. The maximum absolute atomic E-state index is 9.22. The third-order valence-electron chi connectivity index (χ3n) is 3.02. The van der Waals surface area contributed by atoms with Gasteiger partial charge in [-0.1, -0.05) is 26.0 Å². The van der Waals surface area contributed by atoms with Gasteiger partial charge >= 0.3 is 0 Å². The van der Waals surface area contributed by atoms with Crippen LogP contribution in [-0.4, -0.2) is 31.9 Å². The van der Waals surface area contributed by atoms with Gasteiger partial charge in [0.15, 0.2) is 0 Å². The molecular weight excluding hydrogens is 212 g/mol. The first-order valence-corrected chi connectivity index (χ1v) is 6.15. The molecule has 0 aliphatic rings. The van der Waals surface area contributed by atoms with Crippen LogP contribution in [0.15, 0.2) is 24.3 Å². The molecule has 17 heavy (non-hydrogen) atoms. The van der Waals surface area contributed by atoms with Crippen molar-refractivity contribution in [2.24, 2.45) is 5.92 Å². The van der Waals surface area contributed by atoms with Crippen LogP contribution in [-0.2, 0) is 6.54 Å². The summed E-state index contributed by atoms with van der Waals surface area (Å²) in [4.78, 5) is 2.09. The summed E-state index contributed by atoms with van der Waals surface area (Å²) in [6.07, 6.45) is 0. The Labute approximate surface area is 104 Å². The van der Waals surface area contributed by atoms with Gasteiger partial charge in [0.2, 0.25) is 0 Å². The number of hydrogen-bond acceptors (Lipinski definition) is 3. The highest BCUT2D eigenvalue weighted by Gasteiger charge is 2.10. The van der Waals surface area contributed by atoms with Gasteiger partial charge < -0.3 is 15.3 Å². The first-order valence-electron chi connectivity index (χ1n) is 6.15. The fourth-order valence-corrected chi connectivity index (χ4v) is 1.67. The lowest BCUT2D eigenvalue weighted by molar-refractivity contribution is 0.210. The van der Waals surface area contributed by atoms with Crippen molar-refractivity contribution in [2.45, 2.75) is 26.4 Å². The van der Waals surface area contributed by atoms with Crippen molar-refractivity contribution in [3.8, 4) is 0 Å². The van der Waals surface area contributed by atoms with Crippen LogP contribution in [0.25, 0.3) is 0 Å². The average molecular weight is 236 g/mol. The third-order valence-corrected chi connectivity index (χ3v) is 3.02. The predicted molar refractivity (Wildman–Crippen MR) is 73.3 cm³/mol. The predicted octanol–water partition coefficient (Wildman–Crippen LogP) is 1.86. The second-order valence-electron chi connectivity index (χ2n) is 4.97. The van der Waals surface area contributed by atoms with Crippen molar-refractivity contribution in [3.05, 3.63) is 29.8 Å². The number of aliphatic hydroxyl groups excluding tert-OH is 1. The Morgan fingerprint density at radius 1 is 1.18 bits per heavy atom. The van der Waals surface area contributed by atoms with Gasteiger partial charge in [0.05, 0.1) is 6.61 Å². The summed E-state index contributed by atoms with van der Waals surface area (Å²) in [5, 5.41) is 12.6. The Balaban J connectivity index is 2.52. The van der Waals surface area contributed by atoms with Crippen LogP contribution in [0.1, 0.15) is 19.4 Å². The van der Waals surface area contributed by atoms with Gasteiger partial charge in [-0.2, -0.15) is 0 Å². The number of anilines is 1. The van der Waals surface area contributed by atoms with Gasteiger partial charge in [0.1, 0.15) is 0 Å². The topological polar surface area (TPSA) is 35.5 Å². The summed E-state index contributed by atoms with van der Waals surface area (Å²) in [5.74, 6) is 0.445. The molecule has 1 aromatic rings. The molecule has 0 aliphatic heterocycles. The van der Waals surface area contributed by atoms with E-state index in [1.54, 1.807) is 0 Å². The summed E-state index contributed by atoms with van der Waals surface area (Å²) in [6.45, 7) is 5.22. The maximum Gasteiger partial charge on any atom is 0.0587 e. The fraction of sp³-hybridized carbons (Fsp3) is 0.571. The molecule has 2 N–H and O–H groups in total. The first kappa shape index (κ1) is 14.0. The van der Waals surface area contributed by atoms with Crippen LogP contribution in [0.4, 0.5) is 5.69 Å². The normalized spacial score (nSPS) is 12.8. The van der Waals surface area contributed by atoms with Gasteiger partial charge in [-0.05, 0) is 23.6 Å². The molecule has 1 rings (SSSR count). The largest absolute Gasteiger partial charge is 0.395 e. The zero-order valence-electron chi connectivity index (χ0n) is 11.3. The number of rotatable bonds is 6. The Morgan fingerprint density at radius 2 is 1.76 bits per heavy atom. The van der Waals surface area contributed by atoms with Crippen LogP contribution in [0.2, 0.25) is 0 Å². The van der Waals surface area contributed by atoms with Crippen LogP contribution >= 0.6 is 0 Å². The molecule has 0 radical (unpaired) electrons. The molecule has 3 nitrogen and oxygen atoms in total. The van der Waals surface area contributed by atoms with Crippen LogP contribution in [0, 0.1) is 5.92 Å². The lowest BCUT2D eigenvalue weighted by Crippen LogP contribution is -2.36. The van der Waals surface area contributed by atoms with E-state index in [0.29, 0.717) is 5.92 Å². The summed E-state index contributed by atoms with van der Waals surface area (Å²) in [7, 11) is 4.07. The monoisotopic (exact) mass is 236 g/mol. The third kappa shape index (κ3) is 4.36. The molecule has 0 saturated carbocycles. The van der Waals surface area contributed by atoms with Crippen molar-refractivity contribution in [1.82, 2.24) is 5.32 Å². The lowest BCUT2D eigenvalue weighted by atomic mass is 10.1. The minimum absolute atomic E-state index is 0.170. The fourth-order valence-electron chi connectivity index (χ4n) is 1.67. The van der Waals surface area contributed by atoms with E-state index in [1.165, 1.54) is 11.3 Å². The van der Waals surface area contributed by atoms with E-state index >= 15 is 0 Å². The molecule has 96 valence electrons. The standard InChI is InChI=1S/C14H24N2O/c1-11(2)14(10-17)15-9-12-5-7-13(8-6-12)16(3)4/h5-8,11,14-15,17H,9-10H2,1-4H3. The minimum atomic E-state index is 0.170. The molecule has 0 aliphatic carbocycles. The second-order valence-corrected chi connectivity index (χ2v) is 4.97. The molecule has 3 heteroatoms. The Hall–Kier alpha value is -1.06. The molecule has 1 unspecified atom stereocenters. The van der Waals surface area contributed by atoms with Gasteiger partial charge in [-0.3, -0.25) is 0 Å². The molecule has 0 bridgehead atoms. The molecule has 1 aromatic carbocycles. The van der Waals surface area contributed by atoms with Crippen molar-refractivity contribution in [2.75, 3.05) is 25.6 Å². The smallest absolute Gasteiger partial charge is 0.0587 e. The molecule has 0 amide bonds. The number of benzene rings is 1. The van der Waals surface area contributed by atoms with Gasteiger partial charge in [-0.25, -0.2) is 0 Å². The highest BCUT2D eigenvalue weighted by molar-refractivity contribution is 5.45. The highest BCUT2D eigenvalue weighted by Crippen LogP contribution is 2.12. The maximum atomic E-state index is 9.22. The summed E-state index contributed by atoms with van der Waals surface area (Å²) < 4.78 is 0. The van der Waals surface area contributed by atoms with Crippen LogP contribution < -0.4 is 10.2 Å². The SMILES string of the molecule is CC(C)C(CO)NCc1ccc(N(C)C)cc1. The molecule has 0 aromatic heterocycles. The van der Waals surface area contributed by atoms with Crippen molar-refractivity contribution >= 4 is 5.69 Å². The van der Waals surface area contributed by atoms with Crippen LogP contribution in [0.5, 0.6) is 0 Å². The van der Waals surface area contributed by atoms with E-state index in [2.05, 4.69) is 48.3 Å². The number of aliphatic hydroxyl groups is 1. The molecule has 0 fully saturated rings. The molecule has 0 saturated heterocycles. The van der Waals surface area contributed by atoms with Crippen molar-refractivity contribution in [1.29, 1.82) is 0 Å². The molecule has 0 heterocycles. The van der Waals surface area contributed by atoms with E-state index in [9.17, 15) is 5.11 Å². The van der Waals surface area contributed by atoms with E-state index in [0.717, 1.165) is 6.54 Å². The lowest BCUT2D eigenvalue weighted by Gasteiger charge is -2.20. The minimum Gasteiger partial charge on any atom is -0.395 e. The number of nitrogens with zero attached hydrogens (tertiary/aromatic N) is 1. The van der Waals surface area contributed by atoms with E-state index < -0.39 is 0 Å². The molecule has 0 spiro atoms. The number of hydrogen-bond donors (Lipinski definition) is 2. The Kier molecular flexibility index (Phi) is 5.45. The van der Waals surface area contributed by atoms with Gasteiger partial charge in [0, 0.05) is 32.4 Å². The number of nitrogens with one attached hydrogen (secondary N) is 1. The summed E-state index contributed by atoms with van der Waals surface area (Å²) in [6, 6.07) is 8.64. The Morgan fingerprint density at radius 3 is 2.18 bits per heavy atom. The zero-order valence-corrected chi connectivity index (χ0v) is 11.3. The van der Waals surface area contributed by atoms with E-state index in [1.807, 2.05) is 14.1 Å². The van der Waals surface area contributed by atoms with Gasteiger partial charge in [0.25, 0.3) is 0 Å². The second kappa shape index (κ2) is 6.62. The Bertz CT molecular complexity index is 319.